The molecule has 0 radical (unpaired) electrons. The van der Waals surface area contributed by atoms with E-state index < -0.39 is 23.7 Å². The summed E-state index contributed by atoms with van der Waals surface area (Å²) in [7, 11) is 3.51. The minimum Gasteiger partial charge on any atom is -0.368 e. The number of hydrogen-bond acceptors (Lipinski definition) is 7. The van der Waals surface area contributed by atoms with Crippen molar-refractivity contribution in [1.29, 1.82) is 0 Å². The highest BCUT2D eigenvalue weighted by molar-refractivity contribution is 5.93. The average molecular weight is 411 g/mol. The summed E-state index contributed by atoms with van der Waals surface area (Å²) < 4.78 is 39.4. The summed E-state index contributed by atoms with van der Waals surface area (Å²) in [5.41, 5.74) is 4.56. The van der Waals surface area contributed by atoms with Gasteiger partial charge in [-0.1, -0.05) is 19.1 Å². The number of alkyl halides is 3. The molecule has 158 valence electrons. The van der Waals surface area contributed by atoms with Crippen LogP contribution in [0.15, 0.2) is 24.3 Å². The molecule has 0 aliphatic rings. The number of aromatic nitrogens is 3. The quantitative estimate of drug-likeness (QED) is 0.722. The van der Waals surface area contributed by atoms with Gasteiger partial charge in [-0.15, -0.1) is 0 Å². The van der Waals surface area contributed by atoms with Gasteiger partial charge in [-0.25, -0.2) is 0 Å². The number of para-hydroxylation sites is 1. The van der Waals surface area contributed by atoms with Crippen molar-refractivity contribution in [2.24, 2.45) is 0 Å². The molecule has 0 saturated carbocycles. The summed E-state index contributed by atoms with van der Waals surface area (Å²) in [5.74, 6) is 0.209. The number of nitrogens with one attached hydrogen (secondary N) is 1. The lowest BCUT2D eigenvalue weighted by molar-refractivity contribution is -0.137. The third kappa shape index (κ3) is 5.76. The Labute approximate surface area is 166 Å². The van der Waals surface area contributed by atoms with E-state index in [1.807, 2.05) is 6.92 Å². The molecule has 3 N–H and O–H groups in total. The normalized spacial score (nSPS) is 12.7. The van der Waals surface area contributed by atoms with Crippen molar-refractivity contribution in [2.45, 2.75) is 26.1 Å². The predicted octanol–water partition coefficient (Wildman–Crippen LogP) is 2.56. The molecule has 2 aromatic rings. The van der Waals surface area contributed by atoms with Crippen LogP contribution in [0.4, 0.5) is 30.8 Å². The first kappa shape index (κ1) is 22.3. The molecule has 1 aromatic carbocycles. The second-order valence-corrected chi connectivity index (χ2v) is 6.58. The standard InChI is InChI=1S/C18H24F3N7O/c1-5-28(11(2)15-24-16(22)26-17(25-15)27(3)4)10-14(29)23-13-9-7-6-8-12(13)18(19,20)21/h6-9,11H,5,10H2,1-4H3,(H,23,29)(H2,22,24,25,26). The maximum Gasteiger partial charge on any atom is 0.418 e. The van der Waals surface area contributed by atoms with Crippen LogP contribution in [-0.4, -0.2) is 52.9 Å². The molecule has 1 amide bonds. The molecule has 0 bridgehead atoms. The minimum atomic E-state index is -4.56. The Balaban J connectivity index is 2.17. The van der Waals surface area contributed by atoms with E-state index in [-0.39, 0.29) is 18.2 Å². The number of amides is 1. The lowest BCUT2D eigenvalue weighted by Gasteiger charge is -2.26. The van der Waals surface area contributed by atoms with Crippen molar-refractivity contribution in [3.05, 3.63) is 35.7 Å². The number of benzene rings is 1. The van der Waals surface area contributed by atoms with Gasteiger partial charge in [0.05, 0.1) is 23.8 Å². The van der Waals surface area contributed by atoms with Gasteiger partial charge in [-0.2, -0.15) is 28.1 Å². The Bertz CT molecular complexity index is 858. The van der Waals surface area contributed by atoms with Crippen LogP contribution in [0.2, 0.25) is 0 Å². The number of nitrogen functional groups attached to an aromatic ring is 1. The fourth-order valence-corrected chi connectivity index (χ4v) is 2.68. The SMILES string of the molecule is CCN(CC(=O)Nc1ccccc1C(F)(F)F)C(C)c1nc(N)nc(N(C)C)n1. The number of carbonyl (C=O) groups is 1. The molecule has 0 aliphatic heterocycles. The summed E-state index contributed by atoms with van der Waals surface area (Å²) in [6, 6.07) is 4.43. The Morgan fingerprint density at radius 2 is 1.86 bits per heavy atom. The first-order valence-electron chi connectivity index (χ1n) is 8.91. The van der Waals surface area contributed by atoms with Crippen molar-refractivity contribution in [3.63, 3.8) is 0 Å². The molecule has 1 heterocycles. The lowest BCUT2D eigenvalue weighted by Crippen LogP contribution is -2.36. The molecule has 11 heteroatoms. The molecule has 29 heavy (non-hydrogen) atoms. The number of rotatable bonds is 7. The fraction of sp³-hybridized carbons (Fsp3) is 0.444. The van der Waals surface area contributed by atoms with E-state index >= 15 is 0 Å². The van der Waals surface area contributed by atoms with E-state index in [0.717, 1.165) is 6.07 Å². The van der Waals surface area contributed by atoms with Crippen LogP contribution in [-0.2, 0) is 11.0 Å². The van der Waals surface area contributed by atoms with Crippen molar-refractivity contribution in [1.82, 2.24) is 19.9 Å². The van der Waals surface area contributed by atoms with E-state index in [0.29, 0.717) is 18.3 Å². The first-order valence-corrected chi connectivity index (χ1v) is 8.91. The van der Waals surface area contributed by atoms with Gasteiger partial charge in [0.25, 0.3) is 0 Å². The van der Waals surface area contributed by atoms with Gasteiger partial charge in [-0.3, -0.25) is 9.69 Å². The number of nitrogens with zero attached hydrogens (tertiary/aromatic N) is 5. The number of halogens is 3. The zero-order valence-electron chi connectivity index (χ0n) is 16.7. The van der Waals surface area contributed by atoms with Crippen LogP contribution in [0.1, 0.15) is 31.3 Å². The van der Waals surface area contributed by atoms with E-state index in [9.17, 15) is 18.0 Å². The van der Waals surface area contributed by atoms with E-state index in [1.165, 1.54) is 18.2 Å². The number of carbonyl (C=O) groups excluding carboxylic acids is 1. The molecule has 0 spiro atoms. The van der Waals surface area contributed by atoms with Crippen LogP contribution >= 0.6 is 0 Å². The third-order valence-electron chi connectivity index (χ3n) is 4.24. The summed E-state index contributed by atoms with van der Waals surface area (Å²) in [4.78, 5) is 28.3. The second-order valence-electron chi connectivity index (χ2n) is 6.58. The second kappa shape index (κ2) is 9.03. The van der Waals surface area contributed by atoms with E-state index in [1.54, 1.807) is 30.8 Å². The number of anilines is 3. The van der Waals surface area contributed by atoms with E-state index in [4.69, 9.17) is 5.73 Å². The van der Waals surface area contributed by atoms with Crippen molar-refractivity contribution in [3.8, 4) is 0 Å². The van der Waals surface area contributed by atoms with Gasteiger partial charge >= 0.3 is 6.18 Å². The maximum absolute atomic E-state index is 13.1. The Morgan fingerprint density at radius 1 is 1.21 bits per heavy atom. The Morgan fingerprint density at radius 3 is 2.45 bits per heavy atom. The fourth-order valence-electron chi connectivity index (χ4n) is 2.68. The molecule has 0 aliphatic carbocycles. The molecule has 0 fully saturated rings. The van der Waals surface area contributed by atoms with Gasteiger partial charge < -0.3 is 16.0 Å². The van der Waals surface area contributed by atoms with Gasteiger partial charge in [0, 0.05) is 14.1 Å². The zero-order chi connectivity index (χ0) is 21.8. The molecule has 2 rings (SSSR count). The Kier molecular flexibility index (Phi) is 6.96. The Hall–Kier alpha value is -2.95. The van der Waals surface area contributed by atoms with Crippen LogP contribution < -0.4 is 16.0 Å². The largest absolute Gasteiger partial charge is 0.418 e. The van der Waals surface area contributed by atoms with Gasteiger partial charge in [-0.05, 0) is 25.6 Å². The van der Waals surface area contributed by atoms with Crippen molar-refractivity contribution in [2.75, 3.05) is 43.1 Å². The zero-order valence-corrected chi connectivity index (χ0v) is 16.7. The number of nitrogens with two attached hydrogens (primary N) is 1. The van der Waals surface area contributed by atoms with Gasteiger partial charge in [0.15, 0.2) is 5.82 Å². The summed E-state index contributed by atoms with van der Waals surface area (Å²) in [6.07, 6.45) is -4.56. The van der Waals surface area contributed by atoms with Gasteiger partial charge in [0.1, 0.15) is 0 Å². The topological polar surface area (TPSA) is 100 Å². The highest BCUT2D eigenvalue weighted by Crippen LogP contribution is 2.34. The molecule has 1 unspecified atom stereocenters. The third-order valence-corrected chi connectivity index (χ3v) is 4.24. The smallest absolute Gasteiger partial charge is 0.368 e. The molecule has 8 nitrogen and oxygen atoms in total. The highest BCUT2D eigenvalue weighted by Gasteiger charge is 2.33. The molecular weight excluding hydrogens is 387 g/mol. The summed E-state index contributed by atoms with van der Waals surface area (Å²) in [5, 5.41) is 2.34. The monoisotopic (exact) mass is 411 g/mol. The highest BCUT2D eigenvalue weighted by atomic mass is 19.4. The number of hydrogen-bond donors (Lipinski definition) is 2. The first-order chi connectivity index (χ1) is 13.5. The molecule has 1 aromatic heterocycles. The minimum absolute atomic E-state index is 0.0464. The lowest BCUT2D eigenvalue weighted by atomic mass is 10.1. The predicted molar refractivity (Wildman–Crippen MR) is 104 cm³/mol. The molecule has 1 atom stereocenters. The van der Waals surface area contributed by atoms with Crippen LogP contribution in [0.25, 0.3) is 0 Å². The molecule has 0 saturated heterocycles. The van der Waals surface area contributed by atoms with E-state index in [2.05, 4.69) is 20.3 Å². The summed E-state index contributed by atoms with van der Waals surface area (Å²) in [6.45, 7) is 3.91. The summed E-state index contributed by atoms with van der Waals surface area (Å²) >= 11 is 0. The van der Waals surface area contributed by atoms with Gasteiger partial charge in [0.2, 0.25) is 17.8 Å². The van der Waals surface area contributed by atoms with Crippen molar-refractivity contribution < 1.29 is 18.0 Å². The average Bonchev–Trinajstić information content (AvgIpc) is 2.64. The van der Waals surface area contributed by atoms with Crippen molar-refractivity contribution >= 4 is 23.5 Å². The molecular formula is C18H24F3N7O. The van der Waals surface area contributed by atoms with Crippen LogP contribution in [0, 0.1) is 0 Å². The van der Waals surface area contributed by atoms with Crippen LogP contribution in [0.5, 0.6) is 0 Å². The maximum atomic E-state index is 13.1. The van der Waals surface area contributed by atoms with Crippen LogP contribution in [0.3, 0.4) is 0 Å². The number of likely N-dealkylation sites (N-methyl/N-ethyl adjacent to an activating group) is 1.